The van der Waals surface area contributed by atoms with Gasteiger partial charge in [0.05, 0.1) is 12.5 Å². The summed E-state index contributed by atoms with van der Waals surface area (Å²) in [5.74, 6) is 1.27. The lowest BCUT2D eigenvalue weighted by atomic mass is 10.2. The zero-order valence-corrected chi connectivity index (χ0v) is 10.6. The third kappa shape index (κ3) is 2.33. The van der Waals surface area contributed by atoms with Crippen LogP contribution in [0.25, 0.3) is 11.3 Å². The fourth-order valence-electron chi connectivity index (χ4n) is 1.81. The Morgan fingerprint density at radius 2 is 2.18 bits per heavy atom. The van der Waals surface area contributed by atoms with Gasteiger partial charge in [0.25, 0.3) is 0 Å². The van der Waals surface area contributed by atoms with Gasteiger partial charge in [-0.15, -0.1) is 0 Å². The van der Waals surface area contributed by atoms with Crippen LogP contribution in [0.3, 0.4) is 0 Å². The molecule has 0 fully saturated rings. The third-order valence-electron chi connectivity index (χ3n) is 2.67. The van der Waals surface area contributed by atoms with E-state index in [4.69, 9.17) is 5.73 Å². The number of aromatic nitrogens is 4. The van der Waals surface area contributed by atoms with Crippen LogP contribution in [0.5, 0.6) is 0 Å². The summed E-state index contributed by atoms with van der Waals surface area (Å²) in [5, 5.41) is 4.23. The number of nitrogen functional groups attached to an aromatic ring is 1. The van der Waals surface area contributed by atoms with Crippen molar-refractivity contribution in [2.75, 3.05) is 5.73 Å². The van der Waals surface area contributed by atoms with E-state index in [2.05, 4.69) is 30.9 Å². The van der Waals surface area contributed by atoms with E-state index in [9.17, 15) is 0 Å². The Balaban J connectivity index is 2.30. The van der Waals surface area contributed by atoms with Gasteiger partial charge >= 0.3 is 0 Å². The minimum atomic E-state index is 0.553. The molecule has 0 saturated heterocycles. The van der Waals surface area contributed by atoms with Gasteiger partial charge in [-0.05, 0) is 12.8 Å². The Bertz CT molecular complexity index is 495. The molecule has 5 nitrogen and oxygen atoms in total. The fraction of sp³-hybridized carbons (Fsp3) is 0.500. The summed E-state index contributed by atoms with van der Waals surface area (Å²) in [6.45, 7) is 8.12. The standard InChI is InChI=1S/C12H19N5/c1-4-17-7-10(5-15-17)11-12(13)16(8-14-11)6-9(2)3/h5,7-9H,4,6,13H2,1-3H3. The summed E-state index contributed by atoms with van der Waals surface area (Å²) in [6, 6.07) is 0. The third-order valence-corrected chi connectivity index (χ3v) is 2.67. The highest BCUT2D eigenvalue weighted by Gasteiger charge is 2.12. The van der Waals surface area contributed by atoms with Crippen LogP contribution >= 0.6 is 0 Å². The van der Waals surface area contributed by atoms with E-state index in [1.807, 2.05) is 21.6 Å². The molecule has 0 aliphatic rings. The van der Waals surface area contributed by atoms with Crippen LogP contribution in [-0.4, -0.2) is 19.3 Å². The first-order valence-electron chi connectivity index (χ1n) is 5.95. The normalized spacial score (nSPS) is 11.3. The molecular weight excluding hydrogens is 214 g/mol. The van der Waals surface area contributed by atoms with E-state index in [0.29, 0.717) is 11.7 Å². The molecule has 0 radical (unpaired) electrons. The first-order valence-corrected chi connectivity index (χ1v) is 5.95. The monoisotopic (exact) mass is 233 g/mol. The lowest BCUT2D eigenvalue weighted by Crippen LogP contribution is -2.06. The average molecular weight is 233 g/mol. The predicted octanol–water partition coefficient (Wildman–Crippen LogP) is 2.00. The zero-order chi connectivity index (χ0) is 12.4. The van der Waals surface area contributed by atoms with E-state index in [1.54, 1.807) is 6.33 Å². The maximum absolute atomic E-state index is 6.10. The van der Waals surface area contributed by atoms with Gasteiger partial charge in [-0.25, -0.2) is 4.98 Å². The van der Waals surface area contributed by atoms with Crippen molar-refractivity contribution in [2.45, 2.75) is 33.9 Å². The largest absolute Gasteiger partial charge is 0.383 e. The Kier molecular flexibility index (Phi) is 3.17. The Morgan fingerprint density at radius 3 is 2.76 bits per heavy atom. The van der Waals surface area contributed by atoms with E-state index in [0.717, 1.165) is 24.3 Å². The van der Waals surface area contributed by atoms with Gasteiger partial charge in [0.1, 0.15) is 11.5 Å². The van der Waals surface area contributed by atoms with Crippen molar-refractivity contribution in [2.24, 2.45) is 5.92 Å². The van der Waals surface area contributed by atoms with Gasteiger partial charge in [0.2, 0.25) is 0 Å². The molecule has 0 aliphatic carbocycles. The summed E-state index contributed by atoms with van der Waals surface area (Å²) in [5.41, 5.74) is 7.90. The SMILES string of the molecule is CCn1cc(-c2ncn(CC(C)C)c2N)cn1. The van der Waals surface area contributed by atoms with Crippen LogP contribution in [0.4, 0.5) is 5.82 Å². The molecule has 0 bridgehead atoms. The number of hydrogen-bond acceptors (Lipinski definition) is 3. The molecule has 92 valence electrons. The molecule has 0 saturated carbocycles. The Labute approximate surface area is 101 Å². The predicted molar refractivity (Wildman–Crippen MR) is 68.4 cm³/mol. The second-order valence-electron chi connectivity index (χ2n) is 4.61. The average Bonchev–Trinajstić information content (AvgIpc) is 2.86. The maximum atomic E-state index is 6.10. The lowest BCUT2D eigenvalue weighted by Gasteiger charge is -2.07. The number of anilines is 1. The van der Waals surface area contributed by atoms with Crippen molar-refractivity contribution >= 4 is 5.82 Å². The molecule has 5 heteroatoms. The number of rotatable bonds is 4. The van der Waals surface area contributed by atoms with Crippen LogP contribution < -0.4 is 5.73 Å². The van der Waals surface area contributed by atoms with Crippen molar-refractivity contribution in [1.29, 1.82) is 0 Å². The summed E-state index contributed by atoms with van der Waals surface area (Å²) in [7, 11) is 0. The number of imidazole rings is 1. The van der Waals surface area contributed by atoms with Crippen molar-refractivity contribution in [3.05, 3.63) is 18.7 Å². The van der Waals surface area contributed by atoms with E-state index < -0.39 is 0 Å². The highest BCUT2D eigenvalue weighted by Crippen LogP contribution is 2.24. The van der Waals surface area contributed by atoms with Crippen molar-refractivity contribution in [1.82, 2.24) is 19.3 Å². The second-order valence-corrected chi connectivity index (χ2v) is 4.61. The van der Waals surface area contributed by atoms with Crippen molar-refractivity contribution in [3.63, 3.8) is 0 Å². The van der Waals surface area contributed by atoms with E-state index >= 15 is 0 Å². The number of nitrogens with zero attached hydrogens (tertiary/aromatic N) is 4. The van der Waals surface area contributed by atoms with Gasteiger partial charge in [-0.1, -0.05) is 13.8 Å². The van der Waals surface area contributed by atoms with Crippen molar-refractivity contribution < 1.29 is 0 Å². The minimum absolute atomic E-state index is 0.553. The van der Waals surface area contributed by atoms with Crippen LogP contribution in [0, 0.1) is 5.92 Å². The molecule has 2 N–H and O–H groups in total. The zero-order valence-electron chi connectivity index (χ0n) is 10.6. The second kappa shape index (κ2) is 4.61. The summed E-state index contributed by atoms with van der Waals surface area (Å²) < 4.78 is 3.86. The van der Waals surface area contributed by atoms with Crippen LogP contribution in [0.1, 0.15) is 20.8 Å². The van der Waals surface area contributed by atoms with Crippen LogP contribution in [-0.2, 0) is 13.1 Å². The lowest BCUT2D eigenvalue weighted by molar-refractivity contribution is 0.527. The van der Waals surface area contributed by atoms with Gasteiger partial charge in [-0.2, -0.15) is 5.10 Å². The van der Waals surface area contributed by atoms with E-state index in [-0.39, 0.29) is 0 Å². The highest BCUT2D eigenvalue weighted by molar-refractivity contribution is 5.69. The fourth-order valence-corrected chi connectivity index (χ4v) is 1.81. The van der Waals surface area contributed by atoms with Crippen LogP contribution in [0.2, 0.25) is 0 Å². The number of aryl methyl sites for hydroxylation is 1. The summed E-state index contributed by atoms with van der Waals surface area (Å²) in [6.07, 6.45) is 5.58. The molecule has 2 rings (SSSR count). The molecule has 2 aromatic rings. The first-order chi connectivity index (χ1) is 8.11. The summed E-state index contributed by atoms with van der Waals surface area (Å²) in [4.78, 5) is 4.37. The molecule has 2 heterocycles. The Morgan fingerprint density at radius 1 is 1.41 bits per heavy atom. The van der Waals surface area contributed by atoms with Gasteiger partial charge in [0, 0.05) is 24.8 Å². The quantitative estimate of drug-likeness (QED) is 0.878. The minimum Gasteiger partial charge on any atom is -0.383 e. The van der Waals surface area contributed by atoms with E-state index in [1.165, 1.54) is 0 Å². The maximum Gasteiger partial charge on any atom is 0.131 e. The Hall–Kier alpha value is -1.78. The molecular formula is C12H19N5. The number of hydrogen-bond donors (Lipinski definition) is 1. The molecule has 0 amide bonds. The smallest absolute Gasteiger partial charge is 0.131 e. The first kappa shape index (κ1) is 11.7. The molecule has 0 atom stereocenters. The molecule has 0 unspecified atom stereocenters. The summed E-state index contributed by atoms with van der Waals surface area (Å²) >= 11 is 0. The molecule has 0 aromatic carbocycles. The highest BCUT2D eigenvalue weighted by atomic mass is 15.3. The number of nitrogens with two attached hydrogens (primary N) is 1. The molecule has 0 aliphatic heterocycles. The topological polar surface area (TPSA) is 61.7 Å². The van der Waals surface area contributed by atoms with Gasteiger partial charge in [-0.3, -0.25) is 4.68 Å². The van der Waals surface area contributed by atoms with Gasteiger partial charge < -0.3 is 10.3 Å². The molecule has 17 heavy (non-hydrogen) atoms. The van der Waals surface area contributed by atoms with Gasteiger partial charge in [0.15, 0.2) is 0 Å². The van der Waals surface area contributed by atoms with Crippen LogP contribution in [0.15, 0.2) is 18.7 Å². The molecule has 0 spiro atoms. The molecule has 2 aromatic heterocycles. The van der Waals surface area contributed by atoms with Crippen molar-refractivity contribution in [3.8, 4) is 11.3 Å².